The van der Waals surface area contributed by atoms with Crippen LogP contribution in [0.3, 0.4) is 0 Å². The minimum Gasteiger partial charge on any atom is -0.375 e. The van der Waals surface area contributed by atoms with Gasteiger partial charge in [0.1, 0.15) is 0 Å². The standard InChI is InChI=1S/C10H20O/c1-4-10(3,5-2)11-8-9-6-7-9/h9H,4-8H2,1-3H3. The zero-order chi connectivity index (χ0) is 8.32. The van der Waals surface area contributed by atoms with Crippen LogP contribution < -0.4 is 0 Å². The summed E-state index contributed by atoms with van der Waals surface area (Å²) in [5, 5.41) is 0. The Labute approximate surface area is 70.1 Å². The van der Waals surface area contributed by atoms with Crippen LogP contribution in [0.4, 0.5) is 0 Å². The van der Waals surface area contributed by atoms with Crippen molar-refractivity contribution in [3.63, 3.8) is 0 Å². The fraction of sp³-hybridized carbons (Fsp3) is 1.00. The molecule has 66 valence electrons. The van der Waals surface area contributed by atoms with Crippen molar-refractivity contribution in [3.8, 4) is 0 Å². The third kappa shape index (κ3) is 2.82. The van der Waals surface area contributed by atoms with E-state index < -0.39 is 0 Å². The predicted octanol–water partition coefficient (Wildman–Crippen LogP) is 2.99. The van der Waals surface area contributed by atoms with Gasteiger partial charge in [0.05, 0.1) is 12.2 Å². The van der Waals surface area contributed by atoms with Gasteiger partial charge in [-0.15, -0.1) is 0 Å². The molecule has 0 radical (unpaired) electrons. The topological polar surface area (TPSA) is 9.23 Å². The highest BCUT2D eigenvalue weighted by Gasteiger charge is 2.26. The fourth-order valence-electron chi connectivity index (χ4n) is 1.06. The van der Waals surface area contributed by atoms with Crippen molar-refractivity contribution in [1.29, 1.82) is 0 Å². The van der Waals surface area contributed by atoms with Crippen LogP contribution in [0.25, 0.3) is 0 Å². The second kappa shape index (κ2) is 3.57. The zero-order valence-corrected chi connectivity index (χ0v) is 8.02. The summed E-state index contributed by atoms with van der Waals surface area (Å²) < 4.78 is 5.85. The molecule has 1 aliphatic rings. The Morgan fingerprint density at radius 3 is 2.18 bits per heavy atom. The first-order valence-electron chi connectivity index (χ1n) is 4.84. The normalized spacial score (nSPS) is 18.8. The molecule has 0 aromatic carbocycles. The van der Waals surface area contributed by atoms with E-state index in [4.69, 9.17) is 4.74 Å². The molecule has 1 saturated carbocycles. The Bertz CT molecular complexity index is 112. The fourth-order valence-corrected chi connectivity index (χ4v) is 1.06. The lowest BCUT2D eigenvalue weighted by atomic mass is 10.0. The SMILES string of the molecule is CCC(C)(CC)OCC1CC1. The van der Waals surface area contributed by atoms with Crippen LogP contribution in [0, 0.1) is 5.92 Å². The van der Waals surface area contributed by atoms with Gasteiger partial charge in [0.2, 0.25) is 0 Å². The molecule has 0 saturated heterocycles. The third-order valence-corrected chi connectivity index (χ3v) is 2.86. The van der Waals surface area contributed by atoms with Crippen LogP contribution in [-0.4, -0.2) is 12.2 Å². The lowest BCUT2D eigenvalue weighted by Crippen LogP contribution is -2.27. The second-order valence-corrected chi connectivity index (χ2v) is 3.91. The highest BCUT2D eigenvalue weighted by molar-refractivity contribution is 4.76. The van der Waals surface area contributed by atoms with E-state index in [0.717, 1.165) is 25.4 Å². The van der Waals surface area contributed by atoms with Crippen molar-refractivity contribution in [3.05, 3.63) is 0 Å². The van der Waals surface area contributed by atoms with Crippen LogP contribution in [0.15, 0.2) is 0 Å². The molecular weight excluding hydrogens is 136 g/mol. The highest BCUT2D eigenvalue weighted by atomic mass is 16.5. The van der Waals surface area contributed by atoms with Crippen molar-refractivity contribution >= 4 is 0 Å². The number of rotatable bonds is 5. The molecule has 1 heteroatoms. The molecule has 0 bridgehead atoms. The van der Waals surface area contributed by atoms with E-state index in [1.807, 2.05) is 0 Å². The Balaban J connectivity index is 2.18. The van der Waals surface area contributed by atoms with Gasteiger partial charge < -0.3 is 4.74 Å². The van der Waals surface area contributed by atoms with Gasteiger partial charge in [-0.1, -0.05) is 13.8 Å². The zero-order valence-electron chi connectivity index (χ0n) is 8.02. The Morgan fingerprint density at radius 2 is 1.82 bits per heavy atom. The predicted molar refractivity (Wildman–Crippen MR) is 47.7 cm³/mol. The lowest BCUT2D eigenvalue weighted by Gasteiger charge is -2.27. The molecular formula is C10H20O. The number of ether oxygens (including phenoxy) is 1. The molecule has 11 heavy (non-hydrogen) atoms. The smallest absolute Gasteiger partial charge is 0.0649 e. The maximum absolute atomic E-state index is 5.85. The molecule has 1 rings (SSSR count). The molecule has 0 unspecified atom stereocenters. The van der Waals surface area contributed by atoms with Gasteiger partial charge in [0.25, 0.3) is 0 Å². The van der Waals surface area contributed by atoms with Crippen molar-refractivity contribution in [1.82, 2.24) is 0 Å². The molecule has 0 N–H and O–H groups in total. The minimum absolute atomic E-state index is 0.155. The van der Waals surface area contributed by atoms with E-state index in [-0.39, 0.29) is 5.60 Å². The lowest BCUT2D eigenvalue weighted by molar-refractivity contribution is -0.0421. The summed E-state index contributed by atoms with van der Waals surface area (Å²) in [6.07, 6.45) is 5.06. The van der Waals surface area contributed by atoms with Crippen LogP contribution in [0.2, 0.25) is 0 Å². The number of hydrogen-bond acceptors (Lipinski definition) is 1. The van der Waals surface area contributed by atoms with Gasteiger partial charge in [0, 0.05) is 0 Å². The summed E-state index contributed by atoms with van der Waals surface area (Å²) in [5.41, 5.74) is 0.155. The van der Waals surface area contributed by atoms with E-state index in [1.54, 1.807) is 0 Å². The summed E-state index contributed by atoms with van der Waals surface area (Å²) in [7, 11) is 0. The van der Waals surface area contributed by atoms with Gasteiger partial charge in [-0.25, -0.2) is 0 Å². The molecule has 1 aliphatic carbocycles. The second-order valence-electron chi connectivity index (χ2n) is 3.91. The molecule has 0 amide bonds. The van der Waals surface area contributed by atoms with E-state index in [1.165, 1.54) is 12.8 Å². The van der Waals surface area contributed by atoms with Crippen LogP contribution in [0.5, 0.6) is 0 Å². The molecule has 0 spiro atoms. The molecule has 0 aliphatic heterocycles. The van der Waals surface area contributed by atoms with Crippen LogP contribution >= 0.6 is 0 Å². The highest BCUT2D eigenvalue weighted by Crippen LogP contribution is 2.31. The van der Waals surface area contributed by atoms with E-state index >= 15 is 0 Å². The van der Waals surface area contributed by atoms with Crippen LogP contribution in [-0.2, 0) is 4.74 Å². The van der Waals surface area contributed by atoms with E-state index in [2.05, 4.69) is 20.8 Å². The Kier molecular flexibility index (Phi) is 2.94. The molecule has 0 atom stereocenters. The van der Waals surface area contributed by atoms with Gasteiger partial charge in [-0.05, 0) is 38.5 Å². The van der Waals surface area contributed by atoms with Crippen molar-refractivity contribution in [2.45, 2.75) is 52.1 Å². The third-order valence-electron chi connectivity index (χ3n) is 2.86. The molecule has 1 nitrogen and oxygen atoms in total. The molecule has 1 fully saturated rings. The van der Waals surface area contributed by atoms with Crippen molar-refractivity contribution in [2.75, 3.05) is 6.61 Å². The summed E-state index contributed by atoms with van der Waals surface area (Å²) in [6, 6.07) is 0. The maximum Gasteiger partial charge on any atom is 0.0649 e. The maximum atomic E-state index is 5.85. The van der Waals surface area contributed by atoms with Crippen molar-refractivity contribution < 1.29 is 4.74 Å². The quantitative estimate of drug-likeness (QED) is 0.594. The molecule has 0 aromatic heterocycles. The first kappa shape index (κ1) is 9.05. The van der Waals surface area contributed by atoms with Gasteiger partial charge in [-0.3, -0.25) is 0 Å². The first-order chi connectivity index (χ1) is 5.20. The Hall–Kier alpha value is -0.0400. The van der Waals surface area contributed by atoms with Gasteiger partial charge in [-0.2, -0.15) is 0 Å². The number of hydrogen-bond donors (Lipinski definition) is 0. The average Bonchev–Trinajstić information content (AvgIpc) is 2.83. The summed E-state index contributed by atoms with van der Waals surface area (Å²) in [5.74, 6) is 0.896. The molecule has 0 heterocycles. The Morgan fingerprint density at radius 1 is 1.27 bits per heavy atom. The summed E-state index contributed by atoms with van der Waals surface area (Å²) in [4.78, 5) is 0. The first-order valence-corrected chi connectivity index (χ1v) is 4.84. The van der Waals surface area contributed by atoms with E-state index in [0.29, 0.717) is 0 Å². The van der Waals surface area contributed by atoms with E-state index in [9.17, 15) is 0 Å². The largest absolute Gasteiger partial charge is 0.375 e. The average molecular weight is 156 g/mol. The summed E-state index contributed by atoms with van der Waals surface area (Å²) >= 11 is 0. The van der Waals surface area contributed by atoms with Gasteiger partial charge >= 0.3 is 0 Å². The monoisotopic (exact) mass is 156 g/mol. The van der Waals surface area contributed by atoms with Crippen molar-refractivity contribution in [2.24, 2.45) is 5.92 Å². The minimum atomic E-state index is 0.155. The van der Waals surface area contributed by atoms with Crippen LogP contribution in [0.1, 0.15) is 46.5 Å². The van der Waals surface area contributed by atoms with Gasteiger partial charge in [0.15, 0.2) is 0 Å². The molecule has 0 aromatic rings. The summed E-state index contributed by atoms with van der Waals surface area (Å²) in [6.45, 7) is 7.63.